The molecule has 0 fully saturated rings. The molecule has 0 amide bonds. The number of rotatable bonds is 5. The first-order valence-electron chi connectivity index (χ1n) is 9.70. The van der Waals surface area contributed by atoms with E-state index in [4.69, 9.17) is 9.72 Å². The largest absolute Gasteiger partial charge is 0.496 e. The van der Waals surface area contributed by atoms with E-state index in [1.54, 1.807) is 17.7 Å². The molecule has 30 heavy (non-hydrogen) atoms. The summed E-state index contributed by atoms with van der Waals surface area (Å²) in [6, 6.07) is 15.4. The van der Waals surface area contributed by atoms with Gasteiger partial charge in [-0.25, -0.2) is 4.98 Å². The van der Waals surface area contributed by atoms with E-state index >= 15 is 0 Å². The van der Waals surface area contributed by atoms with Crippen molar-refractivity contribution in [1.29, 1.82) is 5.26 Å². The zero-order valence-electron chi connectivity index (χ0n) is 17.1. The van der Waals surface area contributed by atoms with Gasteiger partial charge >= 0.3 is 0 Å². The minimum Gasteiger partial charge on any atom is -0.496 e. The van der Waals surface area contributed by atoms with Gasteiger partial charge in [-0.2, -0.15) is 5.26 Å². The van der Waals surface area contributed by atoms with Crippen molar-refractivity contribution in [2.24, 2.45) is 0 Å². The molecule has 0 aliphatic carbocycles. The molecule has 6 heteroatoms. The van der Waals surface area contributed by atoms with Crippen LogP contribution in [0.1, 0.15) is 29.4 Å². The van der Waals surface area contributed by atoms with Gasteiger partial charge in [0.05, 0.1) is 30.7 Å². The Morgan fingerprint density at radius 3 is 2.77 bits per heavy atom. The van der Waals surface area contributed by atoms with Crippen molar-refractivity contribution in [2.45, 2.75) is 26.8 Å². The Balaban J connectivity index is 1.93. The van der Waals surface area contributed by atoms with Gasteiger partial charge in [-0.05, 0) is 36.8 Å². The molecular formula is C24H21N3O2S. The van der Waals surface area contributed by atoms with Crippen LogP contribution >= 0.6 is 11.3 Å². The van der Waals surface area contributed by atoms with Gasteiger partial charge < -0.3 is 4.74 Å². The maximum absolute atomic E-state index is 13.6. The van der Waals surface area contributed by atoms with Crippen molar-refractivity contribution in [1.82, 2.24) is 9.55 Å². The summed E-state index contributed by atoms with van der Waals surface area (Å²) in [5.74, 6) is 1.46. The van der Waals surface area contributed by atoms with Crippen LogP contribution in [0.5, 0.6) is 5.75 Å². The molecular weight excluding hydrogens is 394 g/mol. The van der Waals surface area contributed by atoms with Crippen molar-refractivity contribution in [3.05, 3.63) is 80.7 Å². The molecule has 0 bridgehead atoms. The second kappa shape index (κ2) is 8.13. The molecule has 0 atom stereocenters. The van der Waals surface area contributed by atoms with E-state index in [9.17, 15) is 10.1 Å². The fourth-order valence-electron chi connectivity index (χ4n) is 3.65. The van der Waals surface area contributed by atoms with Crippen LogP contribution in [0.2, 0.25) is 0 Å². The fourth-order valence-corrected chi connectivity index (χ4v) is 4.60. The lowest BCUT2D eigenvalue weighted by molar-refractivity contribution is 0.416. The van der Waals surface area contributed by atoms with Gasteiger partial charge in [-0.1, -0.05) is 30.7 Å². The quantitative estimate of drug-likeness (QED) is 0.464. The van der Waals surface area contributed by atoms with E-state index in [0.717, 1.165) is 38.7 Å². The van der Waals surface area contributed by atoms with Crippen LogP contribution in [0.4, 0.5) is 0 Å². The van der Waals surface area contributed by atoms with E-state index in [-0.39, 0.29) is 5.56 Å². The summed E-state index contributed by atoms with van der Waals surface area (Å²) in [5.41, 5.74) is 4.24. The summed E-state index contributed by atoms with van der Waals surface area (Å²) in [5, 5.41) is 11.8. The minimum atomic E-state index is -0.0704. The van der Waals surface area contributed by atoms with Crippen molar-refractivity contribution >= 4 is 21.6 Å². The van der Waals surface area contributed by atoms with E-state index in [1.807, 2.05) is 55.6 Å². The van der Waals surface area contributed by atoms with Crippen LogP contribution in [-0.4, -0.2) is 16.7 Å². The average molecular weight is 416 g/mol. The summed E-state index contributed by atoms with van der Waals surface area (Å²) in [4.78, 5) is 19.2. The van der Waals surface area contributed by atoms with Crippen LogP contribution in [0.3, 0.4) is 0 Å². The zero-order chi connectivity index (χ0) is 21.3. The molecule has 0 aliphatic rings. The summed E-state index contributed by atoms with van der Waals surface area (Å²) < 4.78 is 7.27. The third-order valence-corrected chi connectivity index (χ3v) is 6.00. The fraction of sp³-hybridized carbons (Fsp3) is 0.208. The number of nitriles is 1. The van der Waals surface area contributed by atoms with Crippen molar-refractivity contribution in [3.8, 4) is 22.9 Å². The Bertz CT molecular complexity index is 1350. The molecule has 0 radical (unpaired) electrons. The molecule has 4 aromatic rings. The topological polar surface area (TPSA) is 67.9 Å². The maximum Gasteiger partial charge on any atom is 0.263 e. The Morgan fingerprint density at radius 2 is 2.03 bits per heavy atom. The normalized spacial score (nSPS) is 10.9. The van der Waals surface area contributed by atoms with Crippen LogP contribution < -0.4 is 10.3 Å². The van der Waals surface area contributed by atoms with Gasteiger partial charge in [0.1, 0.15) is 16.4 Å². The first-order chi connectivity index (χ1) is 14.5. The van der Waals surface area contributed by atoms with Crippen molar-refractivity contribution in [3.63, 3.8) is 0 Å². The van der Waals surface area contributed by atoms with Crippen LogP contribution in [0.25, 0.3) is 21.3 Å². The highest BCUT2D eigenvalue weighted by Crippen LogP contribution is 2.37. The Hall–Kier alpha value is -3.43. The number of fused-ring (bicyclic) bond motifs is 1. The highest BCUT2D eigenvalue weighted by molar-refractivity contribution is 7.17. The van der Waals surface area contributed by atoms with Gasteiger partial charge in [0.25, 0.3) is 5.56 Å². The predicted molar refractivity (Wildman–Crippen MR) is 120 cm³/mol. The lowest BCUT2D eigenvalue weighted by Crippen LogP contribution is -2.25. The molecule has 0 saturated heterocycles. The van der Waals surface area contributed by atoms with E-state index < -0.39 is 0 Å². The van der Waals surface area contributed by atoms with E-state index in [0.29, 0.717) is 23.9 Å². The molecule has 0 saturated carbocycles. The van der Waals surface area contributed by atoms with Crippen molar-refractivity contribution < 1.29 is 4.74 Å². The minimum absolute atomic E-state index is 0.0704. The molecule has 2 aromatic heterocycles. The average Bonchev–Trinajstić information content (AvgIpc) is 3.19. The summed E-state index contributed by atoms with van der Waals surface area (Å²) in [7, 11) is 1.64. The third-order valence-electron chi connectivity index (χ3n) is 5.13. The van der Waals surface area contributed by atoms with Crippen LogP contribution in [0, 0.1) is 18.3 Å². The number of methoxy groups -OCH3 is 1. The number of ether oxygens (including phenoxy) is 1. The molecule has 4 rings (SSSR count). The highest BCUT2D eigenvalue weighted by atomic mass is 32.1. The summed E-state index contributed by atoms with van der Waals surface area (Å²) in [6.07, 6.45) is 0.643. The number of hydrogen-bond acceptors (Lipinski definition) is 5. The van der Waals surface area contributed by atoms with Crippen LogP contribution in [0.15, 0.2) is 52.6 Å². The summed E-state index contributed by atoms with van der Waals surface area (Å²) >= 11 is 1.48. The van der Waals surface area contributed by atoms with Gasteiger partial charge in [0.15, 0.2) is 0 Å². The highest BCUT2D eigenvalue weighted by Gasteiger charge is 2.19. The lowest BCUT2D eigenvalue weighted by Gasteiger charge is -2.13. The monoisotopic (exact) mass is 415 g/mol. The molecule has 2 aromatic carbocycles. The van der Waals surface area contributed by atoms with Gasteiger partial charge in [-0.3, -0.25) is 9.36 Å². The Morgan fingerprint density at radius 1 is 1.20 bits per heavy atom. The molecule has 2 heterocycles. The van der Waals surface area contributed by atoms with Gasteiger partial charge in [0.2, 0.25) is 0 Å². The smallest absolute Gasteiger partial charge is 0.263 e. The second-order valence-electron chi connectivity index (χ2n) is 7.12. The molecule has 5 nitrogen and oxygen atoms in total. The number of thiophene rings is 1. The molecule has 150 valence electrons. The predicted octanol–water partition coefficient (Wildman–Crippen LogP) is 4.92. The second-order valence-corrected chi connectivity index (χ2v) is 7.98. The Labute approximate surface area is 178 Å². The third kappa shape index (κ3) is 3.49. The van der Waals surface area contributed by atoms with Gasteiger partial charge in [0, 0.05) is 22.9 Å². The first-order valence-corrected chi connectivity index (χ1v) is 10.6. The van der Waals surface area contributed by atoms with Crippen molar-refractivity contribution in [2.75, 3.05) is 7.11 Å². The van der Waals surface area contributed by atoms with E-state index in [1.165, 1.54) is 11.3 Å². The number of aromatic nitrogens is 2. The Kier molecular flexibility index (Phi) is 5.39. The first kappa shape index (κ1) is 19.9. The number of benzene rings is 2. The number of nitrogens with zero attached hydrogens (tertiary/aromatic N) is 3. The SMILES string of the molecule is CCc1nc2scc(-c3cc(C)ccc3OC)c2c(=O)n1Cc1cccc(C#N)c1. The van der Waals surface area contributed by atoms with E-state index in [2.05, 4.69) is 6.07 Å². The number of hydrogen-bond donors (Lipinski definition) is 0. The zero-order valence-corrected chi connectivity index (χ0v) is 17.9. The maximum atomic E-state index is 13.6. The number of aryl methyl sites for hydroxylation is 2. The standard InChI is InChI=1S/C24H21N3O2S/c1-4-21-26-23-22(19(14-30-23)18-10-15(2)8-9-20(18)29-3)24(28)27(21)13-17-7-5-6-16(11-17)12-25/h5-11,14H,4,13H2,1-3H3. The molecule has 0 unspecified atom stereocenters. The molecule has 0 aliphatic heterocycles. The van der Waals surface area contributed by atoms with Crippen LogP contribution in [-0.2, 0) is 13.0 Å². The van der Waals surface area contributed by atoms with Gasteiger partial charge in [-0.15, -0.1) is 11.3 Å². The summed E-state index contributed by atoms with van der Waals surface area (Å²) in [6.45, 7) is 4.39. The molecule has 0 N–H and O–H groups in total. The molecule has 0 spiro atoms. The lowest BCUT2D eigenvalue weighted by atomic mass is 10.0.